The Balaban J connectivity index is 0.00000216. The number of esters is 1. The Kier molecular flexibility index (Phi) is 10.2. The van der Waals surface area contributed by atoms with Crippen LogP contribution < -0.4 is 11.1 Å². The Hall–Kier alpha value is -2.97. The first-order chi connectivity index (χ1) is 15.9. The van der Waals surface area contributed by atoms with Crippen molar-refractivity contribution in [2.45, 2.75) is 26.4 Å². The summed E-state index contributed by atoms with van der Waals surface area (Å²) in [6.45, 7) is 4.20. The minimum Gasteiger partial charge on any atom is -0.456 e. The molecule has 0 fully saturated rings. The zero-order valence-corrected chi connectivity index (χ0v) is 21.8. The molecule has 0 aliphatic rings. The van der Waals surface area contributed by atoms with Gasteiger partial charge in [-0.2, -0.15) is 0 Å². The number of ether oxygens (including phenoxy) is 1. The summed E-state index contributed by atoms with van der Waals surface area (Å²) in [5.41, 5.74) is 9.18. The summed E-state index contributed by atoms with van der Waals surface area (Å²) >= 11 is 1.42. The van der Waals surface area contributed by atoms with Crippen LogP contribution in [0.4, 0.5) is 5.69 Å². The Labute approximate surface area is 220 Å². The number of aromatic nitrogens is 1. The van der Waals surface area contributed by atoms with Crippen LogP contribution in [-0.4, -0.2) is 23.4 Å². The smallest absolute Gasteiger partial charge is 0.338 e. The number of aryl methyl sites for hydroxylation is 2. The number of carbonyl (C=O) groups excluding carboxylic acids is 2. The van der Waals surface area contributed by atoms with E-state index in [1.54, 1.807) is 18.5 Å². The van der Waals surface area contributed by atoms with Gasteiger partial charge in [-0.1, -0.05) is 23.8 Å². The maximum Gasteiger partial charge on any atom is 0.338 e. The Morgan fingerprint density at radius 3 is 2.57 bits per heavy atom. The summed E-state index contributed by atoms with van der Waals surface area (Å²) in [7, 11) is 0. The minimum absolute atomic E-state index is 0. The molecule has 1 atom stereocenters. The quantitative estimate of drug-likeness (QED) is 0.294. The molecule has 0 spiro atoms. The number of benzene rings is 2. The summed E-state index contributed by atoms with van der Waals surface area (Å²) < 4.78 is 5.49. The van der Waals surface area contributed by atoms with E-state index in [-0.39, 0.29) is 49.8 Å². The summed E-state index contributed by atoms with van der Waals surface area (Å²) in [6.07, 6.45) is 3.50. The van der Waals surface area contributed by atoms with E-state index in [0.717, 1.165) is 31.7 Å². The molecular weight excluding hydrogens is 505 g/mol. The number of nitrogens with one attached hydrogen (secondary N) is 1. The van der Waals surface area contributed by atoms with E-state index >= 15 is 0 Å². The number of nitrogens with zero attached hydrogens (tertiary/aromatic N) is 1. The number of hydrogen-bond donors (Lipinski definition) is 2. The van der Waals surface area contributed by atoms with E-state index in [9.17, 15) is 9.59 Å². The SMILES string of the molecule is Cc1ccc(C(=O)OCc2ccc(C(CN)C(=O)Nc3ccc4cnccc4c3)s2)c(C)c1.Cl.Cl. The van der Waals surface area contributed by atoms with Crippen molar-refractivity contribution in [1.82, 2.24) is 4.98 Å². The number of amides is 1. The molecule has 4 aromatic rings. The minimum atomic E-state index is -0.494. The molecule has 0 saturated heterocycles. The van der Waals surface area contributed by atoms with Crippen LogP contribution in [0.15, 0.2) is 67.0 Å². The summed E-state index contributed by atoms with van der Waals surface area (Å²) in [6, 6.07) is 16.9. The van der Waals surface area contributed by atoms with Crippen molar-refractivity contribution in [3.63, 3.8) is 0 Å². The first-order valence-electron chi connectivity index (χ1n) is 10.6. The van der Waals surface area contributed by atoms with Gasteiger partial charge in [0.05, 0.1) is 11.5 Å². The lowest BCUT2D eigenvalue weighted by Crippen LogP contribution is -2.26. The monoisotopic (exact) mass is 531 g/mol. The van der Waals surface area contributed by atoms with Crippen LogP contribution in [0.5, 0.6) is 0 Å². The van der Waals surface area contributed by atoms with Crippen molar-refractivity contribution in [1.29, 1.82) is 0 Å². The highest BCUT2D eigenvalue weighted by Crippen LogP contribution is 2.27. The van der Waals surface area contributed by atoms with Gasteiger partial charge in [0.2, 0.25) is 5.91 Å². The van der Waals surface area contributed by atoms with E-state index < -0.39 is 5.92 Å². The maximum atomic E-state index is 12.9. The molecule has 6 nitrogen and oxygen atoms in total. The molecule has 0 radical (unpaired) electrons. The van der Waals surface area contributed by atoms with Crippen molar-refractivity contribution in [3.8, 4) is 0 Å². The number of halogens is 2. The van der Waals surface area contributed by atoms with Crippen LogP contribution in [0.2, 0.25) is 0 Å². The third kappa shape index (κ3) is 6.80. The molecule has 0 aliphatic carbocycles. The molecule has 1 amide bonds. The average molecular weight is 532 g/mol. The number of rotatable bonds is 7. The van der Waals surface area contributed by atoms with E-state index in [1.807, 2.05) is 62.4 Å². The standard InChI is InChI=1S/C26H25N3O3S.2ClH/c1-16-3-7-22(17(2)11-16)26(31)32-15-21-6-8-24(33-21)23(13-27)25(30)29-20-5-4-19-14-28-10-9-18(19)12-20;;/h3-12,14,23H,13,15,27H2,1-2H3,(H,29,30);2*1H. The highest BCUT2D eigenvalue weighted by Gasteiger charge is 2.22. The van der Waals surface area contributed by atoms with Gasteiger partial charge in [-0.05, 0) is 61.2 Å². The highest BCUT2D eigenvalue weighted by atomic mass is 35.5. The molecule has 3 N–H and O–H groups in total. The van der Waals surface area contributed by atoms with E-state index in [4.69, 9.17) is 10.5 Å². The fourth-order valence-electron chi connectivity index (χ4n) is 3.66. The van der Waals surface area contributed by atoms with Crippen molar-refractivity contribution >= 4 is 64.5 Å². The lowest BCUT2D eigenvalue weighted by Gasteiger charge is -2.14. The van der Waals surface area contributed by atoms with Gasteiger partial charge in [0.1, 0.15) is 6.61 Å². The van der Waals surface area contributed by atoms with Crippen LogP contribution >= 0.6 is 36.2 Å². The normalized spacial score (nSPS) is 11.2. The van der Waals surface area contributed by atoms with Gasteiger partial charge in [0.25, 0.3) is 0 Å². The number of fused-ring (bicyclic) bond motifs is 1. The fraction of sp³-hybridized carbons (Fsp3) is 0.192. The third-order valence-corrected chi connectivity index (χ3v) is 6.61. The van der Waals surface area contributed by atoms with Crippen molar-refractivity contribution in [2.24, 2.45) is 5.73 Å². The number of hydrogen-bond acceptors (Lipinski definition) is 6. The molecule has 0 aliphatic heterocycles. The predicted octanol–water partition coefficient (Wildman–Crippen LogP) is 5.79. The Morgan fingerprint density at radius 2 is 1.83 bits per heavy atom. The van der Waals surface area contributed by atoms with Gasteiger partial charge in [0.15, 0.2) is 0 Å². The van der Waals surface area contributed by atoms with Crippen LogP contribution in [0, 0.1) is 13.8 Å². The number of carbonyl (C=O) groups is 2. The van der Waals surface area contributed by atoms with Gasteiger partial charge < -0.3 is 15.8 Å². The summed E-state index contributed by atoms with van der Waals surface area (Å²) in [5.74, 6) is -1.03. The first kappa shape index (κ1) is 28.3. The summed E-state index contributed by atoms with van der Waals surface area (Å²) in [4.78, 5) is 31.2. The van der Waals surface area contributed by atoms with Crippen LogP contribution in [-0.2, 0) is 16.1 Å². The molecule has 35 heavy (non-hydrogen) atoms. The lowest BCUT2D eigenvalue weighted by atomic mass is 10.1. The molecule has 184 valence electrons. The maximum absolute atomic E-state index is 12.9. The van der Waals surface area contributed by atoms with Crippen LogP contribution in [0.1, 0.15) is 37.2 Å². The molecule has 2 aromatic heterocycles. The second-order valence-electron chi connectivity index (χ2n) is 7.91. The van der Waals surface area contributed by atoms with Gasteiger partial charge in [-0.15, -0.1) is 36.2 Å². The number of pyridine rings is 1. The van der Waals surface area contributed by atoms with Crippen molar-refractivity contribution < 1.29 is 14.3 Å². The number of nitrogens with two attached hydrogens (primary N) is 1. The molecule has 4 rings (SSSR count). The second-order valence-corrected chi connectivity index (χ2v) is 9.11. The van der Waals surface area contributed by atoms with E-state index in [0.29, 0.717) is 11.3 Å². The largest absolute Gasteiger partial charge is 0.456 e. The highest BCUT2D eigenvalue weighted by molar-refractivity contribution is 7.12. The zero-order chi connectivity index (χ0) is 23.4. The molecule has 9 heteroatoms. The molecule has 0 saturated carbocycles. The average Bonchev–Trinajstić information content (AvgIpc) is 3.26. The van der Waals surface area contributed by atoms with Crippen molar-refractivity contribution in [3.05, 3.63) is 93.4 Å². The first-order valence-corrected chi connectivity index (χ1v) is 11.4. The van der Waals surface area contributed by atoms with Crippen LogP contribution in [0.25, 0.3) is 10.8 Å². The summed E-state index contributed by atoms with van der Waals surface area (Å²) in [5, 5.41) is 4.96. The van der Waals surface area contributed by atoms with E-state index in [1.165, 1.54) is 11.3 Å². The Bertz CT molecular complexity index is 1330. The fourth-order valence-corrected chi connectivity index (χ4v) is 4.70. The van der Waals surface area contributed by atoms with Gasteiger partial charge in [-0.25, -0.2) is 4.79 Å². The zero-order valence-electron chi connectivity index (χ0n) is 19.3. The molecule has 1 unspecified atom stereocenters. The third-order valence-electron chi connectivity index (χ3n) is 5.43. The second kappa shape index (κ2) is 12.7. The van der Waals surface area contributed by atoms with E-state index in [2.05, 4.69) is 10.3 Å². The van der Waals surface area contributed by atoms with Gasteiger partial charge in [0, 0.05) is 39.8 Å². The topological polar surface area (TPSA) is 94.3 Å². The Morgan fingerprint density at radius 1 is 1.03 bits per heavy atom. The molecule has 0 bridgehead atoms. The van der Waals surface area contributed by atoms with Crippen molar-refractivity contribution in [2.75, 3.05) is 11.9 Å². The van der Waals surface area contributed by atoms with Gasteiger partial charge in [-0.3, -0.25) is 9.78 Å². The van der Waals surface area contributed by atoms with Gasteiger partial charge >= 0.3 is 5.97 Å². The van der Waals surface area contributed by atoms with Crippen LogP contribution in [0.3, 0.4) is 0 Å². The lowest BCUT2D eigenvalue weighted by molar-refractivity contribution is -0.117. The molecular formula is C26H27Cl2N3O3S. The number of anilines is 1. The number of thiophene rings is 1. The predicted molar refractivity (Wildman–Crippen MR) is 146 cm³/mol. The molecule has 2 aromatic carbocycles. The molecule has 2 heterocycles.